The number of rotatable bonds is 6. The van der Waals surface area contributed by atoms with Crippen LogP contribution in [-0.2, 0) is 9.53 Å². The normalized spacial score (nSPS) is 15.4. The molecule has 1 N–H and O–H groups in total. The van der Waals surface area contributed by atoms with Gasteiger partial charge in [0.05, 0.1) is 10.1 Å². The Morgan fingerprint density at radius 1 is 0.964 bits per heavy atom. The van der Waals surface area contributed by atoms with Crippen LogP contribution in [0.15, 0.2) is 48.5 Å². The minimum atomic E-state index is -0.877. The predicted molar refractivity (Wildman–Crippen MR) is 118 cm³/mol. The van der Waals surface area contributed by atoms with Gasteiger partial charge >= 0.3 is 5.97 Å². The molecule has 1 fully saturated rings. The van der Waals surface area contributed by atoms with Gasteiger partial charge in [0, 0.05) is 17.2 Å². The molecule has 1 aliphatic heterocycles. The van der Waals surface area contributed by atoms with Crippen molar-refractivity contribution >= 4 is 41.1 Å². The molecule has 1 atom stereocenters. The van der Waals surface area contributed by atoms with Crippen molar-refractivity contribution in [3.8, 4) is 0 Å². The van der Waals surface area contributed by atoms with Crippen molar-refractivity contribution in [1.82, 2.24) is 0 Å². The topological polar surface area (TPSA) is 55.4 Å². The number of thioether (sulfide) groups is 2. The maximum Gasteiger partial charge on any atom is 0.338 e. The second kappa shape index (κ2) is 9.52. The van der Waals surface area contributed by atoms with E-state index in [0.717, 1.165) is 11.5 Å². The van der Waals surface area contributed by atoms with E-state index in [9.17, 15) is 9.59 Å². The lowest BCUT2D eigenvalue weighted by atomic mass is 10.0. The van der Waals surface area contributed by atoms with Crippen LogP contribution in [-0.4, -0.2) is 29.5 Å². The maximum atomic E-state index is 12.4. The van der Waals surface area contributed by atoms with E-state index < -0.39 is 12.1 Å². The number of hydrogen-bond donors (Lipinski definition) is 1. The smallest absolute Gasteiger partial charge is 0.338 e. The average Bonchev–Trinajstić information content (AvgIpc) is 3.23. The van der Waals surface area contributed by atoms with Crippen molar-refractivity contribution in [2.24, 2.45) is 0 Å². The molecule has 0 unspecified atom stereocenters. The fourth-order valence-corrected chi connectivity index (χ4v) is 5.66. The van der Waals surface area contributed by atoms with E-state index in [-0.39, 0.29) is 5.91 Å². The summed E-state index contributed by atoms with van der Waals surface area (Å²) in [5, 5.41) is 2.79. The first-order chi connectivity index (χ1) is 13.4. The summed E-state index contributed by atoms with van der Waals surface area (Å²) in [6.45, 7) is 5.82. The van der Waals surface area contributed by atoms with Crippen molar-refractivity contribution in [3.05, 3.63) is 65.2 Å². The zero-order valence-corrected chi connectivity index (χ0v) is 17.9. The van der Waals surface area contributed by atoms with Gasteiger partial charge in [-0.15, -0.1) is 23.5 Å². The van der Waals surface area contributed by atoms with Gasteiger partial charge in [0.25, 0.3) is 5.91 Å². The highest BCUT2D eigenvalue weighted by Crippen LogP contribution is 2.45. The third-order valence-corrected chi connectivity index (χ3v) is 7.64. The summed E-state index contributed by atoms with van der Waals surface area (Å²) in [6, 6.07) is 15.2. The van der Waals surface area contributed by atoms with Crippen molar-refractivity contribution in [1.29, 1.82) is 0 Å². The number of carbonyl (C=O) groups is 2. The van der Waals surface area contributed by atoms with Crippen molar-refractivity contribution < 1.29 is 14.3 Å². The Labute approximate surface area is 174 Å². The van der Waals surface area contributed by atoms with Gasteiger partial charge in [-0.05, 0) is 48.2 Å². The second-order valence-corrected chi connectivity index (χ2v) is 9.73. The van der Waals surface area contributed by atoms with Gasteiger partial charge in [-0.3, -0.25) is 4.79 Å². The standard InChI is InChI=1S/C22H25NO3S2/c1-14(2)16-8-10-19(11-9-16)23-20(24)15(3)26-21(25)17-4-6-18(7-5-17)22-27-12-13-28-22/h4-11,14-15,22H,12-13H2,1-3H3,(H,23,24)/t15-/m0/s1. The molecule has 4 nitrogen and oxygen atoms in total. The van der Waals surface area contributed by atoms with E-state index in [1.807, 2.05) is 59.9 Å². The third kappa shape index (κ3) is 5.32. The van der Waals surface area contributed by atoms with E-state index in [1.54, 1.807) is 19.1 Å². The van der Waals surface area contributed by atoms with Gasteiger partial charge in [-0.1, -0.05) is 38.1 Å². The molecular formula is C22H25NO3S2. The third-order valence-electron chi connectivity index (χ3n) is 4.54. The second-order valence-electron chi connectivity index (χ2n) is 7.01. The molecule has 6 heteroatoms. The molecule has 28 heavy (non-hydrogen) atoms. The SMILES string of the molecule is CC(C)c1ccc(NC(=O)[C@H](C)OC(=O)c2ccc(C3SCCS3)cc2)cc1. The first-order valence-electron chi connectivity index (χ1n) is 9.39. The summed E-state index contributed by atoms with van der Waals surface area (Å²) in [5.41, 5.74) is 3.56. The molecule has 0 spiro atoms. The number of hydrogen-bond acceptors (Lipinski definition) is 5. The van der Waals surface area contributed by atoms with Crippen LogP contribution < -0.4 is 5.32 Å². The lowest BCUT2D eigenvalue weighted by molar-refractivity contribution is -0.123. The van der Waals surface area contributed by atoms with Gasteiger partial charge in [0.2, 0.25) is 0 Å². The number of benzene rings is 2. The molecule has 3 rings (SSSR count). The van der Waals surface area contributed by atoms with E-state index in [4.69, 9.17) is 4.74 Å². The molecule has 0 bridgehead atoms. The predicted octanol–water partition coefficient (Wildman–Crippen LogP) is 5.47. The zero-order chi connectivity index (χ0) is 20.1. The number of nitrogens with one attached hydrogen (secondary N) is 1. The summed E-state index contributed by atoms with van der Waals surface area (Å²) in [6.07, 6.45) is -0.877. The van der Waals surface area contributed by atoms with Crippen LogP contribution >= 0.6 is 23.5 Å². The van der Waals surface area contributed by atoms with Crippen molar-refractivity contribution in [2.45, 2.75) is 37.4 Å². The number of ether oxygens (including phenoxy) is 1. The highest BCUT2D eigenvalue weighted by Gasteiger charge is 2.21. The Balaban J connectivity index is 1.54. The molecule has 0 radical (unpaired) electrons. The molecule has 148 valence electrons. The maximum absolute atomic E-state index is 12.4. The quantitative estimate of drug-likeness (QED) is 0.634. The summed E-state index contributed by atoms with van der Waals surface area (Å²) in [5.74, 6) is 1.91. The van der Waals surface area contributed by atoms with Crippen molar-refractivity contribution in [2.75, 3.05) is 16.8 Å². The van der Waals surface area contributed by atoms with E-state index in [0.29, 0.717) is 21.8 Å². The Kier molecular flexibility index (Phi) is 7.08. The van der Waals surface area contributed by atoms with Crippen LogP contribution in [0.25, 0.3) is 0 Å². The number of carbonyl (C=O) groups excluding carboxylic acids is 2. The molecule has 2 aromatic carbocycles. The monoisotopic (exact) mass is 415 g/mol. The van der Waals surface area contributed by atoms with Gasteiger partial charge in [0.15, 0.2) is 6.10 Å². The fourth-order valence-electron chi connectivity index (χ4n) is 2.80. The molecule has 0 aliphatic carbocycles. The molecule has 0 saturated carbocycles. The van der Waals surface area contributed by atoms with Crippen LogP contribution in [0.2, 0.25) is 0 Å². The fraction of sp³-hybridized carbons (Fsp3) is 0.364. The molecule has 2 aromatic rings. The van der Waals surface area contributed by atoms with Crippen LogP contribution in [0.1, 0.15) is 52.8 Å². The molecule has 0 aromatic heterocycles. The van der Waals surface area contributed by atoms with Gasteiger partial charge in [-0.25, -0.2) is 4.79 Å². The van der Waals surface area contributed by atoms with Crippen LogP contribution in [0.4, 0.5) is 5.69 Å². The van der Waals surface area contributed by atoms with Crippen molar-refractivity contribution in [3.63, 3.8) is 0 Å². The molecule has 1 saturated heterocycles. The lowest BCUT2D eigenvalue weighted by Gasteiger charge is -2.15. The minimum Gasteiger partial charge on any atom is -0.449 e. The van der Waals surface area contributed by atoms with Gasteiger partial charge in [-0.2, -0.15) is 0 Å². The molecule has 1 heterocycles. The highest BCUT2D eigenvalue weighted by atomic mass is 32.2. The Morgan fingerprint density at radius 3 is 2.14 bits per heavy atom. The summed E-state index contributed by atoms with van der Waals surface area (Å²) >= 11 is 3.84. The van der Waals surface area contributed by atoms with Crippen LogP contribution in [0, 0.1) is 0 Å². The minimum absolute atomic E-state index is 0.346. The summed E-state index contributed by atoms with van der Waals surface area (Å²) in [7, 11) is 0. The lowest BCUT2D eigenvalue weighted by Crippen LogP contribution is -2.30. The van der Waals surface area contributed by atoms with E-state index in [1.165, 1.54) is 11.1 Å². The van der Waals surface area contributed by atoms with E-state index >= 15 is 0 Å². The van der Waals surface area contributed by atoms with Gasteiger partial charge < -0.3 is 10.1 Å². The highest BCUT2D eigenvalue weighted by molar-refractivity contribution is 8.19. The van der Waals surface area contributed by atoms with E-state index in [2.05, 4.69) is 19.2 Å². The first-order valence-corrected chi connectivity index (χ1v) is 11.5. The Bertz CT molecular complexity index is 813. The Hall–Kier alpha value is -1.92. The Morgan fingerprint density at radius 2 is 1.57 bits per heavy atom. The first kappa shape index (κ1) is 20.8. The number of esters is 1. The average molecular weight is 416 g/mol. The zero-order valence-electron chi connectivity index (χ0n) is 16.3. The molecular weight excluding hydrogens is 390 g/mol. The largest absolute Gasteiger partial charge is 0.449 e. The number of anilines is 1. The molecule has 1 aliphatic rings. The van der Waals surface area contributed by atoms with Gasteiger partial charge in [0.1, 0.15) is 0 Å². The van der Waals surface area contributed by atoms with Crippen LogP contribution in [0.3, 0.4) is 0 Å². The summed E-state index contributed by atoms with van der Waals surface area (Å²) in [4.78, 5) is 24.7. The molecule has 1 amide bonds. The summed E-state index contributed by atoms with van der Waals surface area (Å²) < 4.78 is 5.78. The van der Waals surface area contributed by atoms with Crippen LogP contribution in [0.5, 0.6) is 0 Å². The number of amides is 1.